The number of aryl methyl sites for hydroxylation is 2. The van der Waals surface area contributed by atoms with E-state index in [2.05, 4.69) is 17.3 Å². The van der Waals surface area contributed by atoms with Crippen LogP contribution in [0.1, 0.15) is 42.6 Å². The van der Waals surface area contributed by atoms with Gasteiger partial charge in [0.2, 0.25) is 5.91 Å². The summed E-state index contributed by atoms with van der Waals surface area (Å²) in [7, 11) is 1.96. The van der Waals surface area contributed by atoms with Crippen molar-refractivity contribution in [2.75, 3.05) is 19.6 Å². The van der Waals surface area contributed by atoms with E-state index in [0.717, 1.165) is 44.7 Å². The Morgan fingerprint density at radius 3 is 2.55 bits per heavy atom. The number of hydrogen-bond acceptors (Lipinski definition) is 3. The van der Waals surface area contributed by atoms with Crippen LogP contribution in [0.2, 0.25) is 0 Å². The molecule has 5 heteroatoms. The predicted octanol–water partition coefficient (Wildman–Crippen LogP) is 1.53. The van der Waals surface area contributed by atoms with Crippen LogP contribution in [0.15, 0.2) is 0 Å². The van der Waals surface area contributed by atoms with Gasteiger partial charge in [0.05, 0.1) is 5.69 Å². The lowest BCUT2D eigenvalue weighted by Crippen LogP contribution is -2.37. The van der Waals surface area contributed by atoms with Crippen LogP contribution in [0.5, 0.6) is 0 Å². The molecule has 0 bridgehead atoms. The Morgan fingerprint density at radius 2 is 1.95 bits per heavy atom. The smallest absolute Gasteiger partial charge is 0.223 e. The molecule has 0 aromatic carbocycles. The van der Waals surface area contributed by atoms with Gasteiger partial charge in [-0.2, -0.15) is 5.10 Å². The summed E-state index contributed by atoms with van der Waals surface area (Å²) >= 11 is 0. The van der Waals surface area contributed by atoms with Crippen molar-refractivity contribution in [1.82, 2.24) is 20.0 Å². The molecule has 112 valence electrons. The Morgan fingerprint density at radius 1 is 1.25 bits per heavy atom. The first-order valence-corrected chi connectivity index (χ1v) is 7.57. The van der Waals surface area contributed by atoms with Crippen LogP contribution in [-0.4, -0.2) is 40.2 Å². The van der Waals surface area contributed by atoms with Crippen molar-refractivity contribution in [2.24, 2.45) is 7.05 Å². The number of amides is 1. The van der Waals surface area contributed by atoms with Gasteiger partial charge in [0.25, 0.3) is 0 Å². The highest BCUT2D eigenvalue weighted by molar-refractivity contribution is 5.76. The van der Waals surface area contributed by atoms with Crippen LogP contribution in [0.25, 0.3) is 0 Å². The van der Waals surface area contributed by atoms with Crippen molar-refractivity contribution in [3.05, 3.63) is 17.0 Å². The van der Waals surface area contributed by atoms with Crippen LogP contribution in [-0.2, 0) is 18.4 Å². The zero-order chi connectivity index (χ0) is 14.5. The maximum atomic E-state index is 12.0. The molecule has 20 heavy (non-hydrogen) atoms. The summed E-state index contributed by atoms with van der Waals surface area (Å²) in [6, 6.07) is 0. The SMILES string of the molecule is Cc1nn(C)c(C)c1CNCCC(=O)N1CCCCC1. The zero-order valence-electron chi connectivity index (χ0n) is 12.9. The molecule has 0 atom stereocenters. The van der Waals surface area contributed by atoms with E-state index in [1.165, 1.54) is 17.7 Å². The Hall–Kier alpha value is -1.36. The van der Waals surface area contributed by atoms with Crippen LogP contribution in [0.4, 0.5) is 0 Å². The van der Waals surface area contributed by atoms with Crippen molar-refractivity contribution in [1.29, 1.82) is 0 Å². The minimum Gasteiger partial charge on any atom is -0.343 e. The van der Waals surface area contributed by atoms with Gasteiger partial charge in [-0.05, 0) is 33.1 Å². The average Bonchev–Trinajstić information content (AvgIpc) is 2.70. The molecule has 1 saturated heterocycles. The number of carbonyl (C=O) groups is 1. The molecule has 0 aliphatic carbocycles. The van der Waals surface area contributed by atoms with E-state index in [-0.39, 0.29) is 5.91 Å². The number of likely N-dealkylation sites (tertiary alicyclic amines) is 1. The number of piperidine rings is 1. The van der Waals surface area contributed by atoms with E-state index in [1.807, 2.05) is 23.6 Å². The number of nitrogens with one attached hydrogen (secondary N) is 1. The van der Waals surface area contributed by atoms with Gasteiger partial charge in [-0.15, -0.1) is 0 Å². The van der Waals surface area contributed by atoms with Crippen molar-refractivity contribution in [2.45, 2.75) is 46.1 Å². The number of carbonyl (C=O) groups excluding carboxylic acids is 1. The second kappa shape index (κ2) is 6.88. The summed E-state index contributed by atoms with van der Waals surface area (Å²) in [5.41, 5.74) is 3.51. The normalized spacial score (nSPS) is 15.7. The quantitative estimate of drug-likeness (QED) is 0.831. The van der Waals surface area contributed by atoms with Gasteiger partial charge >= 0.3 is 0 Å². The van der Waals surface area contributed by atoms with Gasteiger partial charge in [-0.25, -0.2) is 0 Å². The minimum atomic E-state index is 0.289. The molecule has 0 spiro atoms. The maximum Gasteiger partial charge on any atom is 0.223 e. The summed E-state index contributed by atoms with van der Waals surface area (Å²) in [5.74, 6) is 0.289. The Bertz CT molecular complexity index is 461. The number of rotatable bonds is 5. The van der Waals surface area contributed by atoms with Crippen molar-refractivity contribution in [3.8, 4) is 0 Å². The van der Waals surface area contributed by atoms with Gasteiger partial charge in [-0.1, -0.05) is 0 Å². The molecule has 0 unspecified atom stereocenters. The molecular formula is C15H26N4O. The summed E-state index contributed by atoms with van der Waals surface area (Å²) in [5, 5.41) is 7.77. The van der Waals surface area contributed by atoms with Gasteiger partial charge in [-0.3, -0.25) is 9.48 Å². The fourth-order valence-corrected chi connectivity index (χ4v) is 2.78. The molecule has 2 heterocycles. The average molecular weight is 278 g/mol. The molecule has 2 rings (SSSR count). The predicted molar refractivity (Wildman–Crippen MR) is 79.4 cm³/mol. The van der Waals surface area contributed by atoms with Crippen molar-refractivity contribution in [3.63, 3.8) is 0 Å². The summed E-state index contributed by atoms with van der Waals surface area (Å²) < 4.78 is 1.91. The highest BCUT2D eigenvalue weighted by atomic mass is 16.2. The first-order chi connectivity index (χ1) is 9.59. The van der Waals surface area contributed by atoms with Crippen LogP contribution in [0, 0.1) is 13.8 Å². The molecule has 1 amide bonds. The molecule has 1 aliphatic rings. The van der Waals surface area contributed by atoms with Crippen LogP contribution in [0.3, 0.4) is 0 Å². The zero-order valence-corrected chi connectivity index (χ0v) is 12.9. The molecule has 1 N–H and O–H groups in total. The summed E-state index contributed by atoms with van der Waals surface area (Å²) in [4.78, 5) is 14.0. The van der Waals surface area contributed by atoms with E-state index in [1.54, 1.807) is 0 Å². The first kappa shape index (κ1) is 15.0. The molecule has 0 saturated carbocycles. The third-order valence-electron chi connectivity index (χ3n) is 4.19. The Kier molecular flexibility index (Phi) is 5.17. The molecule has 5 nitrogen and oxygen atoms in total. The Labute approximate surface area is 121 Å². The Balaban J connectivity index is 1.72. The van der Waals surface area contributed by atoms with E-state index in [4.69, 9.17) is 0 Å². The second-order valence-electron chi connectivity index (χ2n) is 5.64. The number of hydrogen-bond donors (Lipinski definition) is 1. The highest BCUT2D eigenvalue weighted by Crippen LogP contribution is 2.12. The van der Waals surface area contributed by atoms with E-state index in [0.29, 0.717) is 6.42 Å². The second-order valence-corrected chi connectivity index (χ2v) is 5.64. The maximum absolute atomic E-state index is 12.0. The molecule has 0 radical (unpaired) electrons. The standard InChI is InChI=1S/C15H26N4O/c1-12-14(13(2)18(3)17-12)11-16-8-7-15(20)19-9-5-4-6-10-19/h16H,4-11H2,1-3H3. The largest absolute Gasteiger partial charge is 0.343 e. The molecule has 1 aromatic heterocycles. The van der Waals surface area contributed by atoms with Crippen molar-refractivity contribution < 1.29 is 4.79 Å². The summed E-state index contributed by atoms with van der Waals surface area (Å²) in [6.07, 6.45) is 4.18. The third kappa shape index (κ3) is 3.60. The first-order valence-electron chi connectivity index (χ1n) is 7.57. The third-order valence-corrected chi connectivity index (χ3v) is 4.19. The monoisotopic (exact) mass is 278 g/mol. The van der Waals surface area contributed by atoms with E-state index >= 15 is 0 Å². The lowest BCUT2D eigenvalue weighted by atomic mass is 10.1. The fraction of sp³-hybridized carbons (Fsp3) is 0.733. The topological polar surface area (TPSA) is 50.2 Å². The molecule has 1 aliphatic heterocycles. The van der Waals surface area contributed by atoms with E-state index in [9.17, 15) is 4.79 Å². The molecular weight excluding hydrogens is 252 g/mol. The van der Waals surface area contributed by atoms with Crippen LogP contribution >= 0.6 is 0 Å². The van der Waals surface area contributed by atoms with E-state index < -0.39 is 0 Å². The molecule has 1 aromatic rings. The highest BCUT2D eigenvalue weighted by Gasteiger charge is 2.15. The minimum absolute atomic E-state index is 0.289. The van der Waals surface area contributed by atoms with Crippen LogP contribution < -0.4 is 5.32 Å². The van der Waals surface area contributed by atoms with Gasteiger partial charge in [0, 0.05) is 50.9 Å². The van der Waals surface area contributed by atoms with Gasteiger partial charge < -0.3 is 10.2 Å². The van der Waals surface area contributed by atoms with Gasteiger partial charge in [0.15, 0.2) is 0 Å². The molecule has 1 fully saturated rings. The lowest BCUT2D eigenvalue weighted by molar-refractivity contribution is -0.131. The number of aromatic nitrogens is 2. The lowest BCUT2D eigenvalue weighted by Gasteiger charge is -2.26. The summed E-state index contributed by atoms with van der Waals surface area (Å²) in [6.45, 7) is 7.53. The number of nitrogens with zero attached hydrogens (tertiary/aromatic N) is 3. The van der Waals surface area contributed by atoms with Gasteiger partial charge in [0.1, 0.15) is 0 Å². The van der Waals surface area contributed by atoms with Crippen molar-refractivity contribution >= 4 is 5.91 Å². The fourth-order valence-electron chi connectivity index (χ4n) is 2.78.